The van der Waals surface area contributed by atoms with E-state index in [4.69, 9.17) is 17.0 Å². The molecule has 0 spiro atoms. The molecule has 1 aromatic rings. The van der Waals surface area contributed by atoms with Gasteiger partial charge in [-0.1, -0.05) is 12.1 Å². The van der Waals surface area contributed by atoms with E-state index in [1.54, 1.807) is 7.11 Å². The van der Waals surface area contributed by atoms with Gasteiger partial charge in [0.1, 0.15) is 5.75 Å². The Balaban J connectivity index is 1.79. The minimum Gasteiger partial charge on any atom is -0.497 e. The number of amides is 1. The summed E-state index contributed by atoms with van der Waals surface area (Å²) in [6.07, 6.45) is 1.43. The van der Waals surface area contributed by atoms with E-state index in [0.717, 1.165) is 22.8 Å². The third kappa shape index (κ3) is 5.09. The number of benzene rings is 1. The second kappa shape index (κ2) is 7.83. The predicted octanol–water partition coefficient (Wildman–Crippen LogP) is 2.45. The number of rotatable bonds is 6. The highest BCUT2D eigenvalue weighted by Crippen LogP contribution is 2.22. The van der Waals surface area contributed by atoms with Crippen molar-refractivity contribution in [1.82, 2.24) is 15.5 Å². The summed E-state index contributed by atoms with van der Waals surface area (Å²) >= 11 is 5.44. The van der Waals surface area contributed by atoms with Crippen LogP contribution >= 0.6 is 12.2 Å². The summed E-state index contributed by atoms with van der Waals surface area (Å²) in [5.74, 6) is 0.820. The van der Waals surface area contributed by atoms with Crippen molar-refractivity contribution in [2.45, 2.75) is 51.7 Å². The number of methoxy groups -OCH3 is 1. The Morgan fingerprint density at radius 2 is 2.25 bits per heavy atom. The molecular formula is C18H27N3O2S. The lowest BCUT2D eigenvalue weighted by Crippen LogP contribution is -2.60. The number of thiocarbonyl (C=S) groups is 1. The van der Waals surface area contributed by atoms with E-state index in [0.29, 0.717) is 25.6 Å². The van der Waals surface area contributed by atoms with Crippen LogP contribution in [0.2, 0.25) is 0 Å². The van der Waals surface area contributed by atoms with Crippen LogP contribution in [-0.4, -0.2) is 41.2 Å². The fourth-order valence-corrected chi connectivity index (χ4v) is 3.62. The van der Waals surface area contributed by atoms with E-state index >= 15 is 0 Å². The number of ether oxygens (including phenoxy) is 1. The first-order valence-electron chi connectivity index (χ1n) is 8.29. The molecule has 0 unspecified atom stereocenters. The number of carbonyl (C=O) groups excluding carboxylic acids is 1. The zero-order chi connectivity index (χ0) is 17.7. The highest BCUT2D eigenvalue weighted by atomic mass is 32.1. The third-order valence-electron chi connectivity index (χ3n) is 4.25. The van der Waals surface area contributed by atoms with E-state index in [2.05, 4.69) is 36.3 Å². The maximum Gasteiger partial charge on any atom is 0.222 e. The van der Waals surface area contributed by atoms with Crippen molar-refractivity contribution in [1.29, 1.82) is 0 Å². The highest BCUT2D eigenvalue weighted by molar-refractivity contribution is 7.80. The molecule has 1 heterocycles. The summed E-state index contributed by atoms with van der Waals surface area (Å²) < 4.78 is 5.19. The summed E-state index contributed by atoms with van der Waals surface area (Å²) in [4.78, 5) is 14.2. The van der Waals surface area contributed by atoms with Crippen molar-refractivity contribution in [3.63, 3.8) is 0 Å². The van der Waals surface area contributed by atoms with Gasteiger partial charge in [0.15, 0.2) is 5.11 Å². The van der Waals surface area contributed by atoms with Crippen LogP contribution in [0.25, 0.3) is 0 Å². The number of nitrogens with zero attached hydrogens (tertiary/aromatic N) is 1. The van der Waals surface area contributed by atoms with E-state index in [9.17, 15) is 4.79 Å². The predicted molar refractivity (Wildman–Crippen MR) is 100 cm³/mol. The lowest BCUT2D eigenvalue weighted by atomic mass is 9.93. The Bertz CT molecular complexity index is 604. The van der Waals surface area contributed by atoms with Gasteiger partial charge in [-0.15, -0.1) is 0 Å². The zero-order valence-electron chi connectivity index (χ0n) is 14.9. The van der Waals surface area contributed by atoms with E-state index in [-0.39, 0.29) is 11.4 Å². The fraction of sp³-hybridized carbons (Fsp3) is 0.556. The maximum absolute atomic E-state index is 12.1. The van der Waals surface area contributed by atoms with Crippen molar-refractivity contribution < 1.29 is 9.53 Å². The molecular weight excluding hydrogens is 322 g/mol. The largest absolute Gasteiger partial charge is 0.497 e. The molecule has 2 N–H and O–H groups in total. The van der Waals surface area contributed by atoms with Crippen LogP contribution in [-0.2, 0) is 11.3 Å². The van der Waals surface area contributed by atoms with Crippen molar-refractivity contribution in [2.24, 2.45) is 0 Å². The van der Waals surface area contributed by atoms with Gasteiger partial charge in [0.2, 0.25) is 5.91 Å². The SMILES string of the molecule is COc1cccc(CNC(=O)CCN2C(=S)NC(C)(C)C[C@@H]2C)c1. The molecule has 1 aliphatic heterocycles. The van der Waals surface area contributed by atoms with E-state index in [1.165, 1.54) is 0 Å². The third-order valence-corrected chi connectivity index (χ3v) is 4.58. The Hall–Kier alpha value is -1.82. The van der Waals surface area contributed by atoms with Crippen molar-refractivity contribution in [3.8, 4) is 5.75 Å². The van der Waals surface area contributed by atoms with Crippen LogP contribution < -0.4 is 15.4 Å². The standard InChI is InChI=1S/C18H27N3O2S/c1-13-11-18(2,3)20-17(24)21(13)9-8-16(22)19-12-14-6-5-7-15(10-14)23-4/h5-7,10,13H,8-9,11-12H2,1-4H3,(H,19,22)(H,20,24)/t13-/m0/s1. The van der Waals surface area contributed by atoms with Crippen molar-refractivity contribution in [3.05, 3.63) is 29.8 Å². The first-order chi connectivity index (χ1) is 11.3. The van der Waals surface area contributed by atoms with Crippen LogP contribution in [0.3, 0.4) is 0 Å². The molecule has 0 aromatic heterocycles. The summed E-state index contributed by atoms with van der Waals surface area (Å²) in [6, 6.07) is 8.03. The Morgan fingerprint density at radius 1 is 1.50 bits per heavy atom. The summed E-state index contributed by atoms with van der Waals surface area (Å²) in [5, 5.41) is 7.03. The van der Waals surface area contributed by atoms with Gasteiger partial charge in [-0.05, 0) is 57.1 Å². The smallest absolute Gasteiger partial charge is 0.222 e. The van der Waals surface area contributed by atoms with Crippen molar-refractivity contribution in [2.75, 3.05) is 13.7 Å². The van der Waals surface area contributed by atoms with Gasteiger partial charge in [-0.3, -0.25) is 4.79 Å². The molecule has 6 heteroatoms. The minimum atomic E-state index is 0.0155. The molecule has 132 valence electrons. The van der Waals surface area contributed by atoms with Gasteiger partial charge in [0.25, 0.3) is 0 Å². The average molecular weight is 350 g/mol. The summed E-state index contributed by atoms with van der Waals surface area (Å²) in [5.41, 5.74) is 1.04. The topological polar surface area (TPSA) is 53.6 Å². The monoisotopic (exact) mass is 349 g/mol. The molecule has 1 aromatic carbocycles. The van der Waals surface area contributed by atoms with Crippen LogP contribution in [0, 0.1) is 0 Å². The molecule has 0 saturated carbocycles. The molecule has 0 bridgehead atoms. The molecule has 1 aliphatic rings. The van der Waals surface area contributed by atoms with Crippen LogP contribution in [0.5, 0.6) is 5.75 Å². The molecule has 2 rings (SSSR count). The van der Waals surface area contributed by atoms with Crippen LogP contribution in [0.1, 0.15) is 39.2 Å². The quantitative estimate of drug-likeness (QED) is 0.773. The first-order valence-corrected chi connectivity index (χ1v) is 8.70. The van der Waals surface area contributed by atoms with Gasteiger partial charge < -0.3 is 20.3 Å². The van der Waals surface area contributed by atoms with E-state index < -0.39 is 0 Å². The maximum atomic E-state index is 12.1. The molecule has 1 saturated heterocycles. The molecule has 0 aliphatic carbocycles. The number of nitrogens with one attached hydrogen (secondary N) is 2. The zero-order valence-corrected chi connectivity index (χ0v) is 15.7. The molecule has 5 nitrogen and oxygen atoms in total. The van der Waals surface area contributed by atoms with Crippen molar-refractivity contribution >= 4 is 23.2 Å². The molecule has 1 fully saturated rings. The highest BCUT2D eigenvalue weighted by Gasteiger charge is 2.32. The minimum absolute atomic E-state index is 0.0155. The number of hydrogen-bond donors (Lipinski definition) is 2. The van der Waals surface area contributed by atoms with Gasteiger partial charge in [-0.25, -0.2) is 0 Å². The Morgan fingerprint density at radius 3 is 2.92 bits per heavy atom. The molecule has 0 radical (unpaired) electrons. The van der Waals surface area contributed by atoms with Crippen LogP contribution in [0.15, 0.2) is 24.3 Å². The van der Waals surface area contributed by atoms with E-state index in [1.807, 2.05) is 24.3 Å². The number of carbonyl (C=O) groups is 1. The van der Waals surface area contributed by atoms with Gasteiger partial charge in [0, 0.05) is 31.1 Å². The van der Waals surface area contributed by atoms with Gasteiger partial charge >= 0.3 is 0 Å². The summed E-state index contributed by atoms with van der Waals surface area (Å²) in [7, 11) is 1.63. The normalized spacial score (nSPS) is 19.6. The second-order valence-electron chi connectivity index (χ2n) is 6.94. The van der Waals surface area contributed by atoms with Gasteiger partial charge in [-0.2, -0.15) is 0 Å². The Kier molecular flexibility index (Phi) is 6.04. The van der Waals surface area contributed by atoms with Crippen LogP contribution in [0.4, 0.5) is 0 Å². The molecule has 24 heavy (non-hydrogen) atoms. The second-order valence-corrected chi connectivity index (χ2v) is 7.33. The van der Waals surface area contributed by atoms with Gasteiger partial charge in [0.05, 0.1) is 7.11 Å². The first kappa shape index (κ1) is 18.5. The fourth-order valence-electron chi connectivity index (χ4n) is 3.08. The lowest BCUT2D eigenvalue weighted by Gasteiger charge is -2.44. The summed E-state index contributed by atoms with van der Waals surface area (Å²) in [6.45, 7) is 7.58. The average Bonchev–Trinajstić information content (AvgIpc) is 2.51. The number of hydrogen-bond acceptors (Lipinski definition) is 3. The molecule has 1 atom stereocenters. The lowest BCUT2D eigenvalue weighted by molar-refractivity contribution is -0.121. The Labute approximate surface area is 149 Å². The molecule has 1 amide bonds.